The van der Waals surface area contributed by atoms with Crippen LogP contribution in [0.1, 0.15) is 21.6 Å². The van der Waals surface area contributed by atoms with Crippen LogP contribution in [0.15, 0.2) is 85.1 Å². The Morgan fingerprint density at radius 3 is 2.25 bits per heavy atom. The lowest BCUT2D eigenvalue weighted by Gasteiger charge is -2.06. The van der Waals surface area contributed by atoms with Crippen molar-refractivity contribution in [2.45, 2.75) is 13.2 Å². The maximum Gasteiger partial charge on any atom is 0.305 e. The molecule has 1 heterocycles. The van der Waals surface area contributed by atoms with Crippen LogP contribution in [-0.2, 0) is 18.0 Å². The number of nitrogens with one attached hydrogen (secondary N) is 1. The first-order chi connectivity index (χ1) is 11.8. The molecule has 3 rings (SSSR count). The highest BCUT2D eigenvalue weighted by Crippen LogP contribution is 2.03. The molecule has 0 fully saturated rings. The van der Waals surface area contributed by atoms with E-state index in [4.69, 9.17) is 4.74 Å². The van der Waals surface area contributed by atoms with E-state index in [9.17, 15) is 4.79 Å². The Morgan fingerprint density at radius 1 is 0.833 bits per heavy atom. The van der Waals surface area contributed by atoms with Crippen LogP contribution in [0.3, 0.4) is 0 Å². The van der Waals surface area contributed by atoms with Crippen molar-refractivity contribution < 1.29 is 14.2 Å². The predicted molar refractivity (Wildman–Crippen MR) is 91.7 cm³/mol. The molecule has 3 aromatic rings. The molecule has 0 radical (unpaired) electrons. The summed E-state index contributed by atoms with van der Waals surface area (Å²) in [5.74, 6) is -0.156. The van der Waals surface area contributed by atoms with Crippen LogP contribution < -0.4 is 10.1 Å². The first-order valence-electron chi connectivity index (χ1n) is 7.80. The number of hydrogen-bond donors (Lipinski definition) is 1. The van der Waals surface area contributed by atoms with Gasteiger partial charge in [0.1, 0.15) is 6.61 Å². The highest BCUT2D eigenvalue weighted by atomic mass is 16.5. The van der Waals surface area contributed by atoms with E-state index in [1.807, 2.05) is 72.9 Å². The van der Waals surface area contributed by atoms with Gasteiger partial charge in [0.2, 0.25) is 5.69 Å². The van der Waals surface area contributed by atoms with Crippen molar-refractivity contribution in [3.63, 3.8) is 0 Å². The fraction of sp³-hybridized carbons (Fsp3) is 0.100. The molecule has 24 heavy (non-hydrogen) atoms. The zero-order valence-electron chi connectivity index (χ0n) is 13.3. The summed E-state index contributed by atoms with van der Waals surface area (Å²) >= 11 is 0. The number of carbonyl (C=O) groups is 1. The van der Waals surface area contributed by atoms with Gasteiger partial charge in [0.15, 0.2) is 6.20 Å². The molecule has 4 nitrogen and oxygen atoms in total. The van der Waals surface area contributed by atoms with Crippen molar-refractivity contribution >= 4 is 5.91 Å². The molecule has 0 saturated heterocycles. The highest BCUT2D eigenvalue weighted by molar-refractivity contribution is 5.98. The van der Waals surface area contributed by atoms with Crippen molar-refractivity contribution in [2.24, 2.45) is 0 Å². The van der Waals surface area contributed by atoms with Crippen molar-refractivity contribution in [2.75, 3.05) is 5.43 Å². The molecule has 0 bridgehead atoms. The summed E-state index contributed by atoms with van der Waals surface area (Å²) in [6.07, 6.45) is 1.81. The minimum Gasteiger partial charge on any atom is -0.366 e. The molecular formula is C20H19N2O2+. The van der Waals surface area contributed by atoms with Crippen molar-refractivity contribution in [1.29, 1.82) is 0 Å². The van der Waals surface area contributed by atoms with Crippen LogP contribution in [0.2, 0.25) is 0 Å². The first kappa shape index (κ1) is 15.9. The Labute approximate surface area is 141 Å². The van der Waals surface area contributed by atoms with Crippen molar-refractivity contribution in [1.82, 2.24) is 0 Å². The van der Waals surface area contributed by atoms with Crippen LogP contribution in [-0.4, -0.2) is 5.91 Å². The van der Waals surface area contributed by atoms with Crippen molar-refractivity contribution in [3.05, 3.63) is 102 Å². The van der Waals surface area contributed by atoms with Gasteiger partial charge in [-0.05, 0) is 23.8 Å². The predicted octanol–water partition coefficient (Wildman–Crippen LogP) is 3.07. The van der Waals surface area contributed by atoms with Gasteiger partial charge >= 0.3 is 5.91 Å². The maximum absolute atomic E-state index is 12.3. The molecule has 1 aromatic heterocycles. The number of nitrogens with zero attached hydrogens (tertiary/aromatic N) is 1. The smallest absolute Gasteiger partial charge is 0.305 e. The quantitative estimate of drug-likeness (QED) is 0.710. The minimum absolute atomic E-state index is 0.156. The molecule has 0 aliphatic carbocycles. The van der Waals surface area contributed by atoms with Crippen molar-refractivity contribution in [3.8, 4) is 0 Å². The zero-order chi connectivity index (χ0) is 16.6. The number of pyridine rings is 1. The molecule has 0 aliphatic rings. The van der Waals surface area contributed by atoms with Crippen LogP contribution in [0.25, 0.3) is 0 Å². The van der Waals surface area contributed by atoms with Gasteiger partial charge in [0, 0.05) is 17.7 Å². The lowest BCUT2D eigenvalue weighted by molar-refractivity contribution is -0.651. The number of rotatable bonds is 6. The molecule has 1 amide bonds. The summed E-state index contributed by atoms with van der Waals surface area (Å²) < 4.78 is 7.46. The third-order valence-corrected chi connectivity index (χ3v) is 3.56. The molecule has 1 N–H and O–H groups in total. The Hall–Kier alpha value is -2.98. The van der Waals surface area contributed by atoms with E-state index < -0.39 is 0 Å². The average Bonchev–Trinajstić information content (AvgIpc) is 2.65. The van der Waals surface area contributed by atoms with E-state index in [-0.39, 0.29) is 5.91 Å². The number of aromatic nitrogens is 1. The van der Waals surface area contributed by atoms with Crippen LogP contribution in [0.4, 0.5) is 0 Å². The third kappa shape index (κ3) is 4.27. The Balaban J connectivity index is 1.63. The van der Waals surface area contributed by atoms with Gasteiger partial charge in [-0.15, -0.1) is 5.43 Å². The van der Waals surface area contributed by atoms with E-state index in [0.29, 0.717) is 18.8 Å². The Morgan fingerprint density at radius 2 is 1.50 bits per heavy atom. The second-order valence-electron chi connectivity index (χ2n) is 5.35. The van der Waals surface area contributed by atoms with Crippen LogP contribution in [0, 0.1) is 0 Å². The lowest BCUT2D eigenvalue weighted by Crippen LogP contribution is -2.51. The van der Waals surface area contributed by atoms with Gasteiger partial charge in [-0.2, -0.15) is 0 Å². The fourth-order valence-corrected chi connectivity index (χ4v) is 2.32. The van der Waals surface area contributed by atoms with Gasteiger partial charge < -0.3 is 4.74 Å². The number of amides is 1. The number of carbonyl (C=O) groups excluding carboxylic acids is 1. The lowest BCUT2D eigenvalue weighted by atomic mass is 10.2. The highest BCUT2D eigenvalue weighted by Gasteiger charge is 2.15. The van der Waals surface area contributed by atoms with Gasteiger partial charge in [-0.3, -0.25) is 4.79 Å². The summed E-state index contributed by atoms with van der Waals surface area (Å²) in [6.45, 7) is 0.938. The molecule has 4 heteroatoms. The monoisotopic (exact) mass is 319 g/mol. The van der Waals surface area contributed by atoms with Gasteiger partial charge in [-0.25, -0.2) is 0 Å². The van der Waals surface area contributed by atoms with E-state index >= 15 is 0 Å². The van der Waals surface area contributed by atoms with Crippen LogP contribution in [0.5, 0.6) is 0 Å². The second kappa shape index (κ2) is 8.04. The van der Waals surface area contributed by atoms with E-state index in [1.165, 1.54) is 0 Å². The van der Waals surface area contributed by atoms with Gasteiger partial charge in [0.05, 0.1) is 6.61 Å². The second-order valence-corrected chi connectivity index (χ2v) is 5.35. The molecular weight excluding hydrogens is 300 g/mol. The molecule has 0 atom stereocenters. The van der Waals surface area contributed by atoms with Gasteiger partial charge in [0.25, 0.3) is 0 Å². The van der Waals surface area contributed by atoms with Gasteiger partial charge in [-0.1, -0.05) is 53.2 Å². The topological polar surface area (TPSA) is 42.2 Å². The van der Waals surface area contributed by atoms with E-state index in [1.54, 1.807) is 16.8 Å². The largest absolute Gasteiger partial charge is 0.366 e. The SMILES string of the molecule is O=C(N[n+]1ccccc1COCc1ccccc1)c1ccccc1. The molecule has 0 saturated carbocycles. The number of ether oxygens (including phenoxy) is 1. The summed E-state index contributed by atoms with van der Waals surface area (Å²) in [5, 5.41) is 0. The Kier molecular flexibility index (Phi) is 5.32. The fourth-order valence-electron chi connectivity index (χ4n) is 2.32. The Bertz CT molecular complexity index is 789. The minimum atomic E-state index is -0.156. The summed E-state index contributed by atoms with van der Waals surface area (Å²) in [7, 11) is 0. The molecule has 120 valence electrons. The molecule has 0 spiro atoms. The average molecular weight is 319 g/mol. The third-order valence-electron chi connectivity index (χ3n) is 3.56. The maximum atomic E-state index is 12.3. The normalized spacial score (nSPS) is 10.3. The van der Waals surface area contributed by atoms with E-state index in [0.717, 1.165) is 11.3 Å². The van der Waals surface area contributed by atoms with E-state index in [2.05, 4.69) is 5.43 Å². The first-order valence-corrected chi connectivity index (χ1v) is 7.80. The molecule has 0 aliphatic heterocycles. The number of hydrogen-bond acceptors (Lipinski definition) is 2. The summed E-state index contributed by atoms with van der Waals surface area (Å²) in [4.78, 5) is 12.3. The summed E-state index contributed by atoms with van der Waals surface area (Å²) in [5.41, 5.74) is 5.48. The van der Waals surface area contributed by atoms with Crippen LogP contribution >= 0.6 is 0 Å². The zero-order valence-corrected chi connectivity index (χ0v) is 13.3. The number of benzene rings is 2. The summed E-state index contributed by atoms with van der Waals surface area (Å²) in [6, 6.07) is 24.9. The standard InChI is InChI=1S/C20H18N2O2/c23-20(18-11-5-2-6-12-18)21-22-14-8-7-13-19(22)16-24-15-17-9-3-1-4-10-17/h1-14H,15-16H2/p+1. The molecule has 2 aromatic carbocycles. The molecule has 0 unspecified atom stereocenters.